The Kier molecular flexibility index (Phi) is 4.96. The first kappa shape index (κ1) is 15.5. The van der Waals surface area contributed by atoms with Crippen molar-refractivity contribution in [2.24, 2.45) is 0 Å². The molecule has 0 spiro atoms. The number of nitrogen functional groups attached to an aromatic ring is 1. The molecule has 0 aliphatic heterocycles. The number of ketones is 1. The lowest BCUT2D eigenvalue weighted by atomic mass is 10.0. The Hall–Kier alpha value is -1.88. The quantitative estimate of drug-likeness (QED) is 0.649. The number of nitrogens with two attached hydrogens (primary N) is 1. The van der Waals surface area contributed by atoms with Crippen LogP contribution in [0.25, 0.3) is 0 Å². The van der Waals surface area contributed by atoms with Crippen LogP contribution in [-0.4, -0.2) is 12.4 Å². The molecule has 2 aromatic rings. The summed E-state index contributed by atoms with van der Waals surface area (Å²) in [5.41, 5.74) is 6.15. The molecule has 3 nitrogen and oxygen atoms in total. The minimum Gasteiger partial charge on any atom is -0.492 e. The fraction of sp³-hybridized carbons (Fsp3) is 0.188. The molecular formula is C16H15BrFNO2. The molecule has 0 amide bonds. The first-order chi connectivity index (χ1) is 10.0. The van der Waals surface area contributed by atoms with E-state index in [1.165, 1.54) is 12.1 Å². The molecule has 0 bridgehead atoms. The Morgan fingerprint density at radius 2 is 2.05 bits per heavy atom. The van der Waals surface area contributed by atoms with Crippen LogP contribution in [0, 0.1) is 5.82 Å². The average Bonchev–Trinajstić information content (AvgIpc) is 2.45. The van der Waals surface area contributed by atoms with Crippen LogP contribution in [-0.2, 0) is 0 Å². The van der Waals surface area contributed by atoms with Crippen LogP contribution in [0.2, 0.25) is 0 Å². The van der Waals surface area contributed by atoms with E-state index < -0.39 is 11.6 Å². The Balaban J connectivity index is 2.29. The van der Waals surface area contributed by atoms with Crippen LogP contribution in [0.1, 0.15) is 29.3 Å². The van der Waals surface area contributed by atoms with Crippen molar-refractivity contribution in [2.45, 2.75) is 13.3 Å². The summed E-state index contributed by atoms with van der Waals surface area (Å²) in [5.74, 6) is -0.358. The second-order valence-electron chi connectivity index (χ2n) is 4.56. The summed E-state index contributed by atoms with van der Waals surface area (Å²) in [6.07, 6.45) is 0.893. The molecule has 0 aromatic heterocycles. The number of carbonyl (C=O) groups is 1. The standard InChI is InChI=1S/C16H15BrFNO2/c1-2-7-21-15-6-3-10(8-13(15)17)16(20)12-5-4-11(19)9-14(12)18/h3-6,8-9H,2,7,19H2,1H3. The zero-order valence-electron chi connectivity index (χ0n) is 11.5. The van der Waals surface area contributed by atoms with E-state index in [1.807, 2.05) is 6.92 Å². The highest BCUT2D eigenvalue weighted by atomic mass is 79.9. The predicted octanol–water partition coefficient (Wildman–Crippen LogP) is 4.19. The average molecular weight is 352 g/mol. The van der Waals surface area contributed by atoms with E-state index >= 15 is 0 Å². The lowest BCUT2D eigenvalue weighted by Gasteiger charge is -2.09. The van der Waals surface area contributed by atoms with Crippen LogP contribution >= 0.6 is 15.9 Å². The Labute approximate surface area is 131 Å². The number of hydrogen-bond acceptors (Lipinski definition) is 3. The van der Waals surface area contributed by atoms with Gasteiger partial charge in [0.2, 0.25) is 0 Å². The van der Waals surface area contributed by atoms with Gasteiger partial charge < -0.3 is 10.5 Å². The van der Waals surface area contributed by atoms with Crippen LogP contribution in [0.3, 0.4) is 0 Å². The molecule has 0 unspecified atom stereocenters. The van der Waals surface area contributed by atoms with Gasteiger partial charge in [-0.1, -0.05) is 6.92 Å². The lowest BCUT2D eigenvalue weighted by Crippen LogP contribution is -2.05. The van der Waals surface area contributed by atoms with E-state index in [0.717, 1.165) is 12.5 Å². The fourth-order valence-electron chi connectivity index (χ4n) is 1.84. The molecule has 2 rings (SSSR count). The van der Waals surface area contributed by atoms with E-state index in [-0.39, 0.29) is 11.3 Å². The van der Waals surface area contributed by atoms with Gasteiger partial charge in [-0.25, -0.2) is 4.39 Å². The number of hydrogen-bond donors (Lipinski definition) is 1. The second-order valence-corrected chi connectivity index (χ2v) is 5.42. The number of anilines is 1. The van der Waals surface area contributed by atoms with Gasteiger partial charge in [-0.2, -0.15) is 0 Å². The van der Waals surface area contributed by atoms with Gasteiger partial charge in [0.05, 0.1) is 16.6 Å². The predicted molar refractivity (Wildman–Crippen MR) is 84.2 cm³/mol. The van der Waals surface area contributed by atoms with Crippen molar-refractivity contribution in [1.29, 1.82) is 0 Å². The maximum atomic E-state index is 13.8. The third-order valence-electron chi connectivity index (χ3n) is 2.89. The Morgan fingerprint density at radius 1 is 1.29 bits per heavy atom. The van der Waals surface area contributed by atoms with Gasteiger partial charge in [-0.05, 0) is 58.7 Å². The Bertz CT molecular complexity index is 673. The minimum atomic E-state index is -0.623. The van der Waals surface area contributed by atoms with Gasteiger partial charge in [-0.3, -0.25) is 4.79 Å². The smallest absolute Gasteiger partial charge is 0.196 e. The summed E-state index contributed by atoms with van der Waals surface area (Å²) in [6, 6.07) is 8.98. The number of benzene rings is 2. The normalized spacial score (nSPS) is 10.4. The summed E-state index contributed by atoms with van der Waals surface area (Å²) < 4.78 is 20.0. The van der Waals surface area contributed by atoms with Crippen molar-refractivity contribution in [3.05, 3.63) is 57.8 Å². The first-order valence-electron chi connectivity index (χ1n) is 6.55. The van der Waals surface area contributed by atoms with Crippen LogP contribution in [0.5, 0.6) is 5.75 Å². The van der Waals surface area contributed by atoms with E-state index in [1.54, 1.807) is 18.2 Å². The molecule has 0 aliphatic rings. The molecule has 0 saturated carbocycles. The zero-order chi connectivity index (χ0) is 15.4. The molecule has 0 fully saturated rings. The van der Waals surface area contributed by atoms with Crippen molar-refractivity contribution in [1.82, 2.24) is 0 Å². The number of halogens is 2. The minimum absolute atomic E-state index is 0.00155. The van der Waals surface area contributed by atoms with Crippen molar-refractivity contribution >= 4 is 27.4 Å². The number of ether oxygens (including phenoxy) is 1. The highest BCUT2D eigenvalue weighted by molar-refractivity contribution is 9.10. The van der Waals surface area contributed by atoms with Crippen molar-refractivity contribution in [3.63, 3.8) is 0 Å². The molecule has 2 aromatic carbocycles. The van der Waals surface area contributed by atoms with E-state index in [9.17, 15) is 9.18 Å². The van der Waals surface area contributed by atoms with Gasteiger partial charge in [-0.15, -0.1) is 0 Å². The summed E-state index contributed by atoms with van der Waals surface area (Å²) in [6.45, 7) is 2.61. The number of carbonyl (C=O) groups excluding carboxylic acids is 1. The maximum Gasteiger partial charge on any atom is 0.196 e. The van der Waals surface area contributed by atoms with Crippen LogP contribution in [0.4, 0.5) is 10.1 Å². The summed E-state index contributed by atoms with van der Waals surface area (Å²) in [5, 5.41) is 0. The van der Waals surface area contributed by atoms with E-state index in [0.29, 0.717) is 22.4 Å². The molecule has 0 saturated heterocycles. The third kappa shape index (κ3) is 3.61. The molecule has 0 atom stereocenters. The molecule has 110 valence electrons. The topological polar surface area (TPSA) is 52.3 Å². The van der Waals surface area contributed by atoms with Gasteiger partial charge in [0, 0.05) is 11.3 Å². The monoisotopic (exact) mass is 351 g/mol. The second kappa shape index (κ2) is 6.72. The molecule has 5 heteroatoms. The molecule has 2 N–H and O–H groups in total. The van der Waals surface area contributed by atoms with Crippen molar-refractivity contribution in [3.8, 4) is 5.75 Å². The van der Waals surface area contributed by atoms with Gasteiger partial charge in [0.1, 0.15) is 11.6 Å². The summed E-state index contributed by atoms with van der Waals surface area (Å²) in [4.78, 5) is 12.3. The van der Waals surface area contributed by atoms with Crippen molar-refractivity contribution in [2.75, 3.05) is 12.3 Å². The fourth-order valence-corrected chi connectivity index (χ4v) is 2.34. The Morgan fingerprint density at radius 3 is 2.67 bits per heavy atom. The SMILES string of the molecule is CCCOc1ccc(C(=O)c2ccc(N)cc2F)cc1Br. The molecule has 0 radical (unpaired) electrons. The van der Waals surface area contributed by atoms with Gasteiger partial charge in [0.15, 0.2) is 5.78 Å². The molecule has 0 aliphatic carbocycles. The molecular weight excluding hydrogens is 337 g/mol. The third-order valence-corrected chi connectivity index (χ3v) is 3.51. The molecule has 0 heterocycles. The van der Waals surface area contributed by atoms with Gasteiger partial charge >= 0.3 is 0 Å². The van der Waals surface area contributed by atoms with Gasteiger partial charge in [0.25, 0.3) is 0 Å². The summed E-state index contributed by atoms with van der Waals surface area (Å²) in [7, 11) is 0. The van der Waals surface area contributed by atoms with E-state index in [4.69, 9.17) is 10.5 Å². The highest BCUT2D eigenvalue weighted by Crippen LogP contribution is 2.27. The van der Waals surface area contributed by atoms with Crippen molar-refractivity contribution < 1.29 is 13.9 Å². The zero-order valence-corrected chi connectivity index (χ0v) is 13.1. The lowest BCUT2D eigenvalue weighted by molar-refractivity contribution is 0.103. The summed E-state index contributed by atoms with van der Waals surface area (Å²) >= 11 is 3.36. The molecule has 21 heavy (non-hydrogen) atoms. The highest BCUT2D eigenvalue weighted by Gasteiger charge is 2.15. The van der Waals surface area contributed by atoms with E-state index in [2.05, 4.69) is 15.9 Å². The maximum absolute atomic E-state index is 13.8. The largest absolute Gasteiger partial charge is 0.492 e. The number of rotatable bonds is 5. The first-order valence-corrected chi connectivity index (χ1v) is 7.34. The van der Waals surface area contributed by atoms with Crippen LogP contribution < -0.4 is 10.5 Å². The van der Waals surface area contributed by atoms with Crippen LogP contribution in [0.15, 0.2) is 40.9 Å².